The minimum atomic E-state index is 0.822. The number of aromatic nitrogens is 2. The van der Waals surface area contributed by atoms with Crippen molar-refractivity contribution in [2.45, 2.75) is 33.1 Å². The number of rotatable bonds is 5. The van der Waals surface area contributed by atoms with Crippen LogP contribution in [0.2, 0.25) is 0 Å². The van der Waals surface area contributed by atoms with Gasteiger partial charge in [-0.05, 0) is 31.4 Å². The molecular weight excluding hydrogens is 272 g/mol. The van der Waals surface area contributed by atoms with Crippen LogP contribution in [0, 0.1) is 6.92 Å². The first-order valence-corrected chi connectivity index (χ1v) is 8.11. The fourth-order valence-electron chi connectivity index (χ4n) is 2.91. The van der Waals surface area contributed by atoms with Crippen LogP contribution in [0.25, 0.3) is 0 Å². The maximum atomic E-state index is 4.81. The maximum Gasteiger partial charge on any atom is 0.232 e. The Morgan fingerprint density at radius 3 is 2.86 bits per heavy atom. The number of unbranched alkanes of at least 4 members (excludes halogenated alkanes) is 1. The van der Waals surface area contributed by atoms with Gasteiger partial charge in [-0.3, -0.25) is 0 Å². The first-order chi connectivity index (χ1) is 10.7. The van der Waals surface area contributed by atoms with E-state index in [2.05, 4.69) is 59.1 Å². The van der Waals surface area contributed by atoms with Crippen molar-refractivity contribution in [3.63, 3.8) is 0 Å². The number of anilines is 3. The summed E-state index contributed by atoms with van der Waals surface area (Å²) in [5.74, 6) is 1.84. The fraction of sp³-hybridized carbons (Fsp3) is 0.444. The minimum Gasteiger partial charge on any atom is -0.360 e. The molecular formula is C18H24N4. The van der Waals surface area contributed by atoms with Crippen molar-refractivity contribution in [3.05, 3.63) is 41.6 Å². The van der Waals surface area contributed by atoms with Crippen LogP contribution in [0.3, 0.4) is 0 Å². The Balaban J connectivity index is 1.90. The second kappa shape index (κ2) is 6.34. The summed E-state index contributed by atoms with van der Waals surface area (Å²) in [6.07, 6.45) is 3.44. The molecule has 4 nitrogen and oxygen atoms in total. The highest BCUT2D eigenvalue weighted by molar-refractivity contribution is 5.66. The van der Waals surface area contributed by atoms with Crippen molar-refractivity contribution < 1.29 is 0 Å². The van der Waals surface area contributed by atoms with Crippen molar-refractivity contribution in [1.29, 1.82) is 0 Å². The zero-order chi connectivity index (χ0) is 15.5. The Morgan fingerprint density at radius 1 is 1.23 bits per heavy atom. The summed E-state index contributed by atoms with van der Waals surface area (Å²) < 4.78 is 0. The number of benzene rings is 1. The molecule has 0 spiro atoms. The van der Waals surface area contributed by atoms with Gasteiger partial charge in [0, 0.05) is 37.6 Å². The van der Waals surface area contributed by atoms with Gasteiger partial charge in [0.25, 0.3) is 0 Å². The van der Waals surface area contributed by atoms with Crippen LogP contribution < -0.4 is 9.80 Å². The van der Waals surface area contributed by atoms with Gasteiger partial charge in [0.05, 0.1) is 0 Å². The molecule has 2 aromatic rings. The van der Waals surface area contributed by atoms with Gasteiger partial charge in [0.2, 0.25) is 5.95 Å². The number of hydrogen-bond donors (Lipinski definition) is 0. The van der Waals surface area contributed by atoms with E-state index in [1.165, 1.54) is 24.1 Å². The zero-order valence-corrected chi connectivity index (χ0v) is 13.7. The Labute approximate surface area is 132 Å². The molecule has 0 unspecified atom stereocenters. The van der Waals surface area contributed by atoms with E-state index in [9.17, 15) is 0 Å². The number of fused-ring (bicyclic) bond motifs is 1. The molecule has 0 fully saturated rings. The lowest BCUT2D eigenvalue weighted by atomic mass is 10.2. The van der Waals surface area contributed by atoms with E-state index in [1.807, 2.05) is 6.92 Å². The predicted molar refractivity (Wildman–Crippen MR) is 92.1 cm³/mol. The third-order valence-corrected chi connectivity index (χ3v) is 4.20. The molecule has 0 bridgehead atoms. The number of para-hydroxylation sites is 1. The lowest BCUT2D eigenvalue weighted by molar-refractivity contribution is 0.756. The summed E-state index contributed by atoms with van der Waals surface area (Å²) in [6, 6.07) is 10.6. The molecule has 0 saturated carbocycles. The average Bonchev–Trinajstić information content (AvgIpc) is 2.96. The highest BCUT2D eigenvalue weighted by Crippen LogP contribution is 2.33. The topological polar surface area (TPSA) is 32.3 Å². The van der Waals surface area contributed by atoms with Crippen molar-refractivity contribution >= 4 is 17.5 Å². The van der Waals surface area contributed by atoms with Crippen LogP contribution in [0.15, 0.2) is 30.3 Å². The fourth-order valence-corrected chi connectivity index (χ4v) is 2.91. The molecule has 1 aromatic heterocycles. The van der Waals surface area contributed by atoms with E-state index in [4.69, 9.17) is 4.98 Å². The summed E-state index contributed by atoms with van der Waals surface area (Å²) in [5.41, 5.74) is 3.65. The van der Waals surface area contributed by atoms with Gasteiger partial charge < -0.3 is 9.80 Å². The quantitative estimate of drug-likeness (QED) is 0.842. The molecule has 0 aliphatic carbocycles. The van der Waals surface area contributed by atoms with E-state index < -0.39 is 0 Å². The molecule has 1 aromatic carbocycles. The zero-order valence-electron chi connectivity index (χ0n) is 13.7. The van der Waals surface area contributed by atoms with Crippen molar-refractivity contribution in [1.82, 2.24) is 9.97 Å². The van der Waals surface area contributed by atoms with Gasteiger partial charge in [-0.25, -0.2) is 4.98 Å². The first-order valence-electron chi connectivity index (χ1n) is 8.11. The Morgan fingerprint density at radius 2 is 2.05 bits per heavy atom. The van der Waals surface area contributed by atoms with E-state index in [0.29, 0.717) is 0 Å². The molecule has 4 heteroatoms. The van der Waals surface area contributed by atoms with Gasteiger partial charge >= 0.3 is 0 Å². The lowest BCUT2D eigenvalue weighted by Crippen LogP contribution is -2.23. The molecule has 0 saturated heterocycles. The van der Waals surface area contributed by atoms with E-state index in [-0.39, 0.29) is 0 Å². The number of hydrogen-bond acceptors (Lipinski definition) is 4. The molecule has 3 rings (SSSR count). The van der Waals surface area contributed by atoms with Gasteiger partial charge in [-0.1, -0.05) is 31.5 Å². The largest absolute Gasteiger partial charge is 0.360 e. The number of nitrogens with zero attached hydrogens (tertiary/aromatic N) is 4. The highest BCUT2D eigenvalue weighted by atomic mass is 15.3. The van der Waals surface area contributed by atoms with Crippen LogP contribution in [-0.2, 0) is 6.42 Å². The first kappa shape index (κ1) is 14.8. The number of aryl methyl sites for hydroxylation is 1. The second-order valence-corrected chi connectivity index (χ2v) is 5.97. The molecule has 22 heavy (non-hydrogen) atoms. The summed E-state index contributed by atoms with van der Waals surface area (Å²) in [6.45, 7) is 6.25. The summed E-state index contributed by atoms with van der Waals surface area (Å²) in [7, 11) is 2.11. The average molecular weight is 296 g/mol. The van der Waals surface area contributed by atoms with E-state index in [0.717, 1.165) is 37.0 Å². The van der Waals surface area contributed by atoms with Crippen molar-refractivity contribution in [3.8, 4) is 0 Å². The van der Waals surface area contributed by atoms with Gasteiger partial charge in [0.1, 0.15) is 5.82 Å². The van der Waals surface area contributed by atoms with Crippen molar-refractivity contribution in [2.24, 2.45) is 0 Å². The van der Waals surface area contributed by atoms with Crippen LogP contribution in [0.1, 0.15) is 31.0 Å². The van der Waals surface area contributed by atoms with E-state index in [1.54, 1.807) is 0 Å². The smallest absolute Gasteiger partial charge is 0.232 e. The van der Waals surface area contributed by atoms with Crippen LogP contribution in [0.5, 0.6) is 0 Å². The summed E-state index contributed by atoms with van der Waals surface area (Å²) >= 11 is 0. The third-order valence-electron chi connectivity index (χ3n) is 4.20. The molecule has 0 atom stereocenters. The monoisotopic (exact) mass is 296 g/mol. The normalized spacial score (nSPS) is 13.3. The van der Waals surface area contributed by atoms with Gasteiger partial charge in [-0.15, -0.1) is 0 Å². The molecule has 116 valence electrons. The maximum absolute atomic E-state index is 4.81. The molecule has 0 N–H and O–H groups in total. The Hall–Kier alpha value is -2.10. The summed E-state index contributed by atoms with van der Waals surface area (Å²) in [4.78, 5) is 13.9. The Kier molecular flexibility index (Phi) is 4.27. The third kappa shape index (κ3) is 2.91. The van der Waals surface area contributed by atoms with Crippen LogP contribution in [-0.4, -0.2) is 30.1 Å². The molecule has 2 heterocycles. The summed E-state index contributed by atoms with van der Waals surface area (Å²) in [5, 5.41) is 0. The molecule has 1 aliphatic rings. The standard InChI is InChI=1S/C18H24N4/c1-4-5-11-21(3)17-13-14(2)19-18(20-17)22-12-10-15-8-6-7-9-16(15)22/h6-9,13H,4-5,10-12H2,1-3H3. The van der Waals surface area contributed by atoms with Crippen LogP contribution >= 0.6 is 0 Å². The molecule has 0 radical (unpaired) electrons. The highest BCUT2D eigenvalue weighted by Gasteiger charge is 2.22. The van der Waals surface area contributed by atoms with Gasteiger partial charge in [-0.2, -0.15) is 4.98 Å². The SMILES string of the molecule is CCCCN(C)c1cc(C)nc(N2CCc3ccccc32)n1. The van der Waals surface area contributed by atoms with Crippen LogP contribution in [0.4, 0.5) is 17.5 Å². The Bertz CT molecular complexity index is 653. The minimum absolute atomic E-state index is 0.822. The molecule has 1 aliphatic heterocycles. The molecule has 0 amide bonds. The lowest BCUT2D eigenvalue weighted by Gasteiger charge is -2.22. The van der Waals surface area contributed by atoms with Gasteiger partial charge in [0.15, 0.2) is 0 Å². The van der Waals surface area contributed by atoms with E-state index >= 15 is 0 Å². The second-order valence-electron chi connectivity index (χ2n) is 5.97. The predicted octanol–water partition coefficient (Wildman–Crippen LogP) is 3.72. The van der Waals surface area contributed by atoms with Crippen molar-refractivity contribution in [2.75, 3.05) is 29.9 Å².